The number of benzene rings is 2. The van der Waals surface area contributed by atoms with Crippen molar-refractivity contribution in [3.63, 3.8) is 0 Å². The molecule has 7 heteroatoms. The van der Waals surface area contributed by atoms with Crippen molar-refractivity contribution in [3.05, 3.63) is 53.5 Å². The van der Waals surface area contributed by atoms with E-state index >= 15 is 0 Å². The molecule has 1 aliphatic carbocycles. The number of fused-ring (bicyclic) bond motifs is 2. The fourth-order valence-corrected chi connectivity index (χ4v) is 6.92. The highest BCUT2D eigenvalue weighted by atomic mass is 19.1. The highest BCUT2D eigenvalue weighted by molar-refractivity contribution is 5.96. The molecule has 1 unspecified atom stereocenters. The molecule has 6 rings (SSSR count). The summed E-state index contributed by atoms with van der Waals surface area (Å²) in [5, 5.41) is 5.07. The number of aryl methyl sites for hydroxylation is 1. The van der Waals surface area contributed by atoms with Crippen molar-refractivity contribution in [1.82, 2.24) is 9.88 Å². The predicted molar refractivity (Wildman–Crippen MR) is 165 cm³/mol. The van der Waals surface area contributed by atoms with Crippen LogP contribution in [0.15, 0.2) is 36.4 Å². The summed E-state index contributed by atoms with van der Waals surface area (Å²) in [5.74, 6) is 2.21. The van der Waals surface area contributed by atoms with Gasteiger partial charge in [-0.1, -0.05) is 25.5 Å². The maximum atomic E-state index is 14.4. The van der Waals surface area contributed by atoms with E-state index in [4.69, 9.17) is 14.5 Å². The molecular formula is C34H45FN4O2. The Labute approximate surface area is 244 Å². The van der Waals surface area contributed by atoms with Gasteiger partial charge in [-0.25, -0.2) is 4.39 Å². The van der Waals surface area contributed by atoms with Gasteiger partial charge in [0.05, 0.1) is 24.9 Å². The second kappa shape index (κ2) is 12.8. The van der Waals surface area contributed by atoms with Crippen LogP contribution in [0.1, 0.15) is 63.1 Å². The first-order valence-corrected chi connectivity index (χ1v) is 15.7. The standard InChI is InChI=1S/C34H45FN4O2/c1-24-13-17-38(23-24)16-8-20-41-33-22-30-27(21-32(33)40-2)34(26-9-4-3-5-11-29(26)37-30)36-25-14-18-39(19-15-25)31-12-7-6-10-28(31)35/h6-7,10,12,21-22,24-25H,3-5,8-9,11,13-20,23H2,1-2H3,(H,36,37). The summed E-state index contributed by atoms with van der Waals surface area (Å²) in [6, 6.07) is 11.7. The molecule has 1 atom stereocenters. The quantitative estimate of drug-likeness (QED) is 0.228. The number of halogens is 1. The summed E-state index contributed by atoms with van der Waals surface area (Å²) in [7, 11) is 1.72. The maximum Gasteiger partial charge on any atom is 0.163 e. The van der Waals surface area contributed by atoms with Crippen molar-refractivity contribution in [1.29, 1.82) is 0 Å². The van der Waals surface area contributed by atoms with Gasteiger partial charge in [0.25, 0.3) is 0 Å². The van der Waals surface area contributed by atoms with E-state index < -0.39 is 0 Å². The van der Waals surface area contributed by atoms with E-state index in [1.807, 2.05) is 12.1 Å². The van der Waals surface area contributed by atoms with Gasteiger partial charge in [-0.3, -0.25) is 4.98 Å². The van der Waals surface area contributed by atoms with Crippen LogP contribution < -0.4 is 19.7 Å². The fourth-order valence-electron chi connectivity index (χ4n) is 6.92. The zero-order chi connectivity index (χ0) is 28.2. The number of aromatic nitrogens is 1. The minimum absolute atomic E-state index is 0.139. The van der Waals surface area contributed by atoms with Gasteiger partial charge >= 0.3 is 0 Å². The second-order valence-electron chi connectivity index (χ2n) is 12.2. The number of ether oxygens (including phenoxy) is 2. The number of methoxy groups -OCH3 is 1. The third-order valence-electron chi connectivity index (χ3n) is 9.22. The van der Waals surface area contributed by atoms with E-state index in [2.05, 4.69) is 34.2 Å². The molecule has 3 aliphatic rings. The van der Waals surface area contributed by atoms with E-state index in [0.717, 1.165) is 80.1 Å². The Hall–Kier alpha value is -3.06. The Morgan fingerprint density at radius 1 is 1.00 bits per heavy atom. The molecule has 3 aromatic rings. The molecule has 0 saturated carbocycles. The average molecular weight is 561 g/mol. The molecule has 0 spiro atoms. The number of pyridine rings is 1. The molecule has 220 valence electrons. The number of nitrogens with zero attached hydrogens (tertiary/aromatic N) is 3. The predicted octanol–water partition coefficient (Wildman–Crippen LogP) is 6.84. The minimum atomic E-state index is -0.139. The van der Waals surface area contributed by atoms with Gasteiger partial charge < -0.3 is 24.6 Å². The molecule has 1 N–H and O–H groups in total. The summed E-state index contributed by atoms with van der Waals surface area (Å²) in [6.45, 7) is 8.16. The molecule has 41 heavy (non-hydrogen) atoms. The first-order valence-electron chi connectivity index (χ1n) is 15.7. The van der Waals surface area contributed by atoms with Gasteiger partial charge in [-0.05, 0) is 87.6 Å². The van der Waals surface area contributed by atoms with Crippen LogP contribution >= 0.6 is 0 Å². The van der Waals surface area contributed by atoms with E-state index in [-0.39, 0.29) is 5.82 Å². The van der Waals surface area contributed by atoms with Crippen molar-refractivity contribution in [2.75, 3.05) is 56.7 Å². The Morgan fingerprint density at radius 2 is 1.83 bits per heavy atom. The van der Waals surface area contributed by atoms with Crippen LogP contribution in [-0.4, -0.2) is 62.4 Å². The monoisotopic (exact) mass is 560 g/mol. The largest absolute Gasteiger partial charge is 0.493 e. The van der Waals surface area contributed by atoms with Crippen molar-refractivity contribution in [2.45, 2.75) is 70.8 Å². The number of hydrogen-bond acceptors (Lipinski definition) is 6. The van der Waals surface area contributed by atoms with Crippen LogP contribution in [-0.2, 0) is 12.8 Å². The number of rotatable bonds is 9. The van der Waals surface area contributed by atoms with Crippen molar-refractivity contribution in [3.8, 4) is 11.5 Å². The summed E-state index contributed by atoms with van der Waals surface area (Å²) in [5.41, 5.74) is 5.48. The summed E-state index contributed by atoms with van der Waals surface area (Å²) < 4.78 is 26.6. The van der Waals surface area contributed by atoms with E-state index in [1.54, 1.807) is 19.2 Å². The Kier molecular flexibility index (Phi) is 8.80. The topological polar surface area (TPSA) is 49.9 Å². The normalized spacial score (nSPS) is 20.2. The van der Waals surface area contributed by atoms with Gasteiger partial charge in [-0.2, -0.15) is 0 Å². The van der Waals surface area contributed by atoms with Crippen LogP contribution in [0.2, 0.25) is 0 Å². The van der Waals surface area contributed by atoms with Crippen LogP contribution in [0.25, 0.3) is 10.9 Å². The van der Waals surface area contributed by atoms with Gasteiger partial charge in [0.1, 0.15) is 5.82 Å². The van der Waals surface area contributed by atoms with Crippen molar-refractivity contribution in [2.24, 2.45) is 5.92 Å². The first kappa shape index (κ1) is 28.1. The lowest BCUT2D eigenvalue weighted by molar-refractivity contribution is 0.251. The molecule has 6 nitrogen and oxygen atoms in total. The van der Waals surface area contributed by atoms with Gasteiger partial charge in [0, 0.05) is 55.1 Å². The van der Waals surface area contributed by atoms with Gasteiger partial charge in [0.15, 0.2) is 11.5 Å². The lowest BCUT2D eigenvalue weighted by Crippen LogP contribution is -2.39. The Morgan fingerprint density at radius 3 is 2.61 bits per heavy atom. The van der Waals surface area contributed by atoms with Crippen LogP contribution in [0.5, 0.6) is 11.5 Å². The summed E-state index contributed by atoms with van der Waals surface area (Å²) in [4.78, 5) is 9.91. The molecule has 2 aromatic carbocycles. The molecule has 2 fully saturated rings. The summed E-state index contributed by atoms with van der Waals surface area (Å²) in [6.07, 6.45) is 9.89. The van der Waals surface area contributed by atoms with Gasteiger partial charge in [0.2, 0.25) is 0 Å². The third-order valence-corrected chi connectivity index (χ3v) is 9.22. The maximum absolute atomic E-state index is 14.4. The summed E-state index contributed by atoms with van der Waals surface area (Å²) >= 11 is 0. The van der Waals surface area contributed by atoms with E-state index in [0.29, 0.717) is 18.3 Å². The van der Waals surface area contributed by atoms with Crippen LogP contribution in [0.4, 0.5) is 15.8 Å². The van der Waals surface area contributed by atoms with E-state index in [1.165, 1.54) is 55.7 Å². The number of anilines is 2. The minimum Gasteiger partial charge on any atom is -0.493 e. The fraction of sp³-hybridized carbons (Fsp3) is 0.559. The molecule has 1 aromatic heterocycles. The Balaban J connectivity index is 1.21. The number of nitrogens with one attached hydrogen (secondary N) is 1. The zero-order valence-corrected chi connectivity index (χ0v) is 24.8. The first-order chi connectivity index (χ1) is 20.1. The second-order valence-corrected chi connectivity index (χ2v) is 12.2. The number of likely N-dealkylation sites (tertiary alicyclic amines) is 1. The van der Waals surface area contributed by atoms with Crippen molar-refractivity contribution < 1.29 is 13.9 Å². The van der Waals surface area contributed by atoms with Crippen molar-refractivity contribution >= 4 is 22.3 Å². The number of hydrogen-bond donors (Lipinski definition) is 1. The molecule has 0 bridgehead atoms. The molecule has 2 aliphatic heterocycles. The third kappa shape index (κ3) is 6.40. The zero-order valence-electron chi connectivity index (χ0n) is 24.8. The molecule has 0 radical (unpaired) electrons. The number of para-hydroxylation sites is 1. The molecular weight excluding hydrogens is 515 g/mol. The smallest absolute Gasteiger partial charge is 0.163 e. The van der Waals surface area contributed by atoms with Crippen LogP contribution in [0, 0.1) is 11.7 Å². The highest BCUT2D eigenvalue weighted by Crippen LogP contribution is 2.40. The molecule has 0 amide bonds. The number of piperidine rings is 1. The van der Waals surface area contributed by atoms with Crippen LogP contribution in [0.3, 0.4) is 0 Å². The lowest BCUT2D eigenvalue weighted by atomic mass is 9.98. The SMILES string of the molecule is COc1cc2c(NC3CCN(c4ccccc4F)CC3)c3c(nc2cc1OCCCN1CCC(C)C1)CCCCC3. The Bertz CT molecular complexity index is 1340. The van der Waals surface area contributed by atoms with E-state index in [9.17, 15) is 4.39 Å². The average Bonchev–Trinajstić information content (AvgIpc) is 3.26. The molecule has 2 saturated heterocycles. The highest BCUT2D eigenvalue weighted by Gasteiger charge is 2.25. The molecule has 3 heterocycles. The lowest BCUT2D eigenvalue weighted by Gasteiger charge is -2.35. The van der Waals surface area contributed by atoms with Gasteiger partial charge in [-0.15, -0.1) is 0 Å².